The molecule has 0 spiro atoms. The van der Waals surface area contributed by atoms with Crippen LogP contribution in [0.3, 0.4) is 0 Å². The maximum Gasteiger partial charge on any atom is 0.435 e. The van der Waals surface area contributed by atoms with Crippen molar-refractivity contribution in [2.45, 2.75) is 18.9 Å². The van der Waals surface area contributed by atoms with Crippen LogP contribution in [0.25, 0.3) is 5.69 Å². The van der Waals surface area contributed by atoms with Gasteiger partial charge in [0.1, 0.15) is 5.69 Å². The Hall–Kier alpha value is -2.03. The predicted octanol–water partition coefficient (Wildman–Crippen LogP) is 3.37. The van der Waals surface area contributed by atoms with Gasteiger partial charge in [-0.1, -0.05) is 12.1 Å². The third-order valence-electron chi connectivity index (χ3n) is 2.71. The Kier molecular flexibility index (Phi) is 3.70. The zero-order chi connectivity index (χ0) is 15.8. The fourth-order valence-electron chi connectivity index (χ4n) is 1.69. The van der Waals surface area contributed by atoms with Crippen molar-refractivity contribution in [3.8, 4) is 5.69 Å². The Balaban J connectivity index is 2.57. The van der Waals surface area contributed by atoms with E-state index in [1.165, 1.54) is 24.3 Å². The Morgan fingerprint density at radius 3 is 1.95 bits per heavy atom. The molecule has 0 saturated carbocycles. The zero-order valence-electron chi connectivity index (χ0n) is 10.3. The van der Waals surface area contributed by atoms with Crippen molar-refractivity contribution in [3.05, 3.63) is 47.3 Å². The van der Waals surface area contributed by atoms with Gasteiger partial charge in [0.25, 0.3) is 0 Å². The number of hydrogen-bond donors (Lipinski definition) is 1. The van der Waals surface area contributed by atoms with Gasteiger partial charge in [-0.3, -0.25) is 0 Å². The molecule has 0 aliphatic rings. The smallest absolute Gasteiger partial charge is 0.326 e. The fourth-order valence-corrected chi connectivity index (χ4v) is 1.69. The zero-order valence-corrected chi connectivity index (χ0v) is 10.3. The SMILES string of the molecule is NCc1ccc(-n2nc(C(F)(F)F)cc2C(F)(F)F)cc1. The van der Waals surface area contributed by atoms with Crippen molar-refractivity contribution in [1.82, 2.24) is 9.78 Å². The highest BCUT2D eigenvalue weighted by atomic mass is 19.4. The molecule has 0 atom stereocenters. The lowest BCUT2D eigenvalue weighted by Gasteiger charge is -2.10. The Labute approximate surface area is 115 Å². The van der Waals surface area contributed by atoms with E-state index in [-0.39, 0.29) is 23.0 Å². The largest absolute Gasteiger partial charge is 0.435 e. The molecular weight excluding hydrogens is 300 g/mol. The van der Waals surface area contributed by atoms with Gasteiger partial charge in [0.15, 0.2) is 5.69 Å². The van der Waals surface area contributed by atoms with Gasteiger partial charge in [-0.15, -0.1) is 0 Å². The maximum atomic E-state index is 12.8. The minimum absolute atomic E-state index is 0.0170. The second-order valence-electron chi connectivity index (χ2n) is 4.19. The molecule has 21 heavy (non-hydrogen) atoms. The van der Waals surface area contributed by atoms with Gasteiger partial charge < -0.3 is 5.73 Å². The van der Waals surface area contributed by atoms with Crippen molar-refractivity contribution in [2.24, 2.45) is 5.73 Å². The van der Waals surface area contributed by atoms with E-state index in [2.05, 4.69) is 5.10 Å². The molecule has 1 aromatic heterocycles. The van der Waals surface area contributed by atoms with Gasteiger partial charge in [-0.2, -0.15) is 31.4 Å². The van der Waals surface area contributed by atoms with Crippen LogP contribution >= 0.6 is 0 Å². The molecule has 1 aromatic carbocycles. The minimum atomic E-state index is -4.96. The standard InChI is InChI=1S/C12H9F6N3/c13-11(14,15)9-5-10(12(16,17)18)21(20-9)8-3-1-7(6-19)2-4-8/h1-5H,6,19H2. The van der Waals surface area contributed by atoms with Crippen LogP contribution in [-0.2, 0) is 18.9 Å². The predicted molar refractivity (Wildman–Crippen MR) is 61.5 cm³/mol. The van der Waals surface area contributed by atoms with Gasteiger partial charge in [0.2, 0.25) is 0 Å². The summed E-state index contributed by atoms with van der Waals surface area (Å²) in [6.07, 6.45) is -9.91. The molecule has 2 aromatic rings. The first kappa shape index (κ1) is 15.4. The van der Waals surface area contributed by atoms with E-state index in [4.69, 9.17) is 5.73 Å². The lowest BCUT2D eigenvalue weighted by molar-refractivity contribution is -0.143. The number of hydrogen-bond acceptors (Lipinski definition) is 2. The number of nitrogens with two attached hydrogens (primary N) is 1. The molecule has 114 valence electrons. The van der Waals surface area contributed by atoms with E-state index in [1.807, 2.05) is 0 Å². The number of alkyl halides is 6. The lowest BCUT2D eigenvalue weighted by atomic mass is 10.2. The monoisotopic (exact) mass is 309 g/mol. The van der Waals surface area contributed by atoms with Crippen molar-refractivity contribution < 1.29 is 26.3 Å². The molecular formula is C12H9F6N3. The topological polar surface area (TPSA) is 43.8 Å². The molecule has 0 aliphatic heterocycles. The fraction of sp³-hybridized carbons (Fsp3) is 0.250. The molecule has 0 bridgehead atoms. The summed E-state index contributed by atoms with van der Waals surface area (Å²) in [5.41, 5.74) is 2.76. The molecule has 0 saturated heterocycles. The van der Waals surface area contributed by atoms with Gasteiger partial charge in [-0.25, -0.2) is 4.68 Å². The number of halogens is 6. The summed E-state index contributed by atoms with van der Waals surface area (Å²) >= 11 is 0. The summed E-state index contributed by atoms with van der Waals surface area (Å²) in [5, 5.41) is 3.01. The first-order chi connectivity index (χ1) is 9.63. The summed E-state index contributed by atoms with van der Waals surface area (Å²) in [4.78, 5) is 0. The lowest BCUT2D eigenvalue weighted by Crippen LogP contribution is -2.13. The van der Waals surface area contributed by atoms with E-state index in [1.54, 1.807) is 0 Å². The van der Waals surface area contributed by atoms with Gasteiger partial charge in [0.05, 0.1) is 5.69 Å². The van der Waals surface area contributed by atoms with Crippen LogP contribution in [0.2, 0.25) is 0 Å². The average Bonchev–Trinajstić information content (AvgIpc) is 2.83. The van der Waals surface area contributed by atoms with E-state index in [0.717, 1.165) is 0 Å². The molecule has 0 radical (unpaired) electrons. The molecule has 1 heterocycles. The van der Waals surface area contributed by atoms with Crippen LogP contribution in [0.15, 0.2) is 30.3 Å². The van der Waals surface area contributed by atoms with Gasteiger partial charge in [0, 0.05) is 12.6 Å². The van der Waals surface area contributed by atoms with Crippen LogP contribution in [0.5, 0.6) is 0 Å². The third kappa shape index (κ3) is 3.18. The van der Waals surface area contributed by atoms with Crippen LogP contribution in [0.1, 0.15) is 17.0 Å². The van der Waals surface area contributed by atoms with Crippen molar-refractivity contribution in [3.63, 3.8) is 0 Å². The van der Waals surface area contributed by atoms with E-state index >= 15 is 0 Å². The quantitative estimate of drug-likeness (QED) is 0.864. The molecule has 0 unspecified atom stereocenters. The van der Waals surface area contributed by atoms with Crippen LogP contribution < -0.4 is 5.73 Å². The Bertz CT molecular complexity index is 624. The van der Waals surface area contributed by atoms with Crippen LogP contribution in [0, 0.1) is 0 Å². The molecule has 2 rings (SSSR count). The first-order valence-electron chi connectivity index (χ1n) is 5.67. The summed E-state index contributed by atoms with van der Waals surface area (Å²) in [6, 6.07) is 5.28. The number of rotatable bonds is 2. The highest BCUT2D eigenvalue weighted by Crippen LogP contribution is 2.36. The van der Waals surface area contributed by atoms with Crippen molar-refractivity contribution in [2.75, 3.05) is 0 Å². The van der Waals surface area contributed by atoms with Crippen molar-refractivity contribution in [1.29, 1.82) is 0 Å². The summed E-state index contributed by atoms with van der Waals surface area (Å²) in [5.74, 6) is 0. The maximum absolute atomic E-state index is 12.8. The summed E-state index contributed by atoms with van der Waals surface area (Å²) < 4.78 is 76.4. The second kappa shape index (κ2) is 5.06. The Morgan fingerprint density at radius 2 is 1.52 bits per heavy atom. The van der Waals surface area contributed by atoms with E-state index in [0.29, 0.717) is 5.56 Å². The van der Waals surface area contributed by atoms with Crippen LogP contribution in [-0.4, -0.2) is 9.78 Å². The van der Waals surface area contributed by atoms with E-state index in [9.17, 15) is 26.3 Å². The normalized spacial score (nSPS) is 12.7. The van der Waals surface area contributed by atoms with Gasteiger partial charge in [-0.05, 0) is 17.7 Å². The minimum Gasteiger partial charge on any atom is -0.326 e. The highest BCUT2D eigenvalue weighted by Gasteiger charge is 2.42. The number of benzene rings is 1. The second-order valence-corrected chi connectivity index (χ2v) is 4.19. The average molecular weight is 309 g/mol. The molecule has 2 N–H and O–H groups in total. The molecule has 3 nitrogen and oxygen atoms in total. The summed E-state index contributed by atoms with van der Waals surface area (Å²) in [6.45, 7) is 0.166. The molecule has 0 fully saturated rings. The number of nitrogens with zero attached hydrogens (tertiary/aromatic N) is 2. The number of aromatic nitrogens is 2. The summed E-state index contributed by atoms with van der Waals surface area (Å²) in [7, 11) is 0. The van der Waals surface area contributed by atoms with Crippen LogP contribution in [0.4, 0.5) is 26.3 Å². The molecule has 0 amide bonds. The third-order valence-corrected chi connectivity index (χ3v) is 2.71. The highest BCUT2D eigenvalue weighted by molar-refractivity contribution is 5.37. The van der Waals surface area contributed by atoms with E-state index < -0.39 is 23.7 Å². The van der Waals surface area contributed by atoms with Gasteiger partial charge >= 0.3 is 12.4 Å². The molecule has 9 heteroatoms. The Morgan fingerprint density at radius 1 is 0.952 bits per heavy atom. The van der Waals surface area contributed by atoms with Crippen molar-refractivity contribution >= 4 is 0 Å². The first-order valence-corrected chi connectivity index (χ1v) is 5.67. The molecule has 0 aliphatic carbocycles.